The third-order valence-electron chi connectivity index (χ3n) is 4.93. The molecule has 3 aromatic rings. The highest BCUT2D eigenvalue weighted by Gasteiger charge is 2.22. The minimum atomic E-state index is -0.345. The lowest BCUT2D eigenvalue weighted by Crippen LogP contribution is -2.32. The summed E-state index contributed by atoms with van der Waals surface area (Å²) in [7, 11) is 1.65. The zero-order chi connectivity index (χ0) is 19.8. The van der Waals surface area contributed by atoms with Crippen molar-refractivity contribution in [2.45, 2.75) is 39.7 Å². The minimum Gasteiger partial charge on any atom is -0.356 e. The smallest absolute Gasteiger partial charge is 0.261 e. The Morgan fingerprint density at radius 2 is 2.11 bits per heavy atom. The Bertz CT molecular complexity index is 1120. The van der Waals surface area contributed by atoms with Crippen LogP contribution in [0.5, 0.6) is 0 Å². The molecule has 0 saturated carbocycles. The van der Waals surface area contributed by atoms with Gasteiger partial charge in [-0.2, -0.15) is 0 Å². The molecule has 0 atom stereocenters. The Hall–Kier alpha value is -3.29. The van der Waals surface area contributed by atoms with Crippen LogP contribution in [0.4, 0.5) is 0 Å². The summed E-state index contributed by atoms with van der Waals surface area (Å²) in [6.07, 6.45) is 4.41. The van der Waals surface area contributed by atoms with E-state index in [1.54, 1.807) is 32.3 Å². The Balaban J connectivity index is 1.64. The molecule has 0 aliphatic heterocycles. The molecule has 0 bridgehead atoms. The van der Waals surface area contributed by atoms with Crippen molar-refractivity contribution in [3.63, 3.8) is 0 Å². The van der Waals surface area contributed by atoms with Crippen molar-refractivity contribution in [1.82, 2.24) is 25.0 Å². The van der Waals surface area contributed by atoms with Crippen LogP contribution in [-0.2, 0) is 19.4 Å². The van der Waals surface area contributed by atoms with Crippen LogP contribution >= 0.6 is 0 Å². The third kappa shape index (κ3) is 3.33. The lowest BCUT2D eigenvalue weighted by Gasteiger charge is -2.18. The molecule has 0 fully saturated rings. The molecule has 0 aromatic carbocycles. The van der Waals surface area contributed by atoms with Crippen molar-refractivity contribution in [2.24, 2.45) is 0 Å². The van der Waals surface area contributed by atoms with Gasteiger partial charge in [0.05, 0.1) is 23.5 Å². The fourth-order valence-corrected chi connectivity index (χ4v) is 3.51. The number of aromatic nitrogens is 4. The second-order valence-electron chi connectivity index (χ2n) is 7.14. The van der Waals surface area contributed by atoms with Gasteiger partial charge >= 0.3 is 0 Å². The molecule has 0 spiro atoms. The molecule has 28 heavy (non-hydrogen) atoms. The van der Waals surface area contributed by atoms with E-state index in [0.717, 1.165) is 36.2 Å². The van der Waals surface area contributed by atoms with Gasteiger partial charge in [0, 0.05) is 25.0 Å². The van der Waals surface area contributed by atoms with E-state index in [4.69, 9.17) is 4.52 Å². The topological polar surface area (TPSA) is 105 Å². The fraction of sp³-hybridized carbons (Fsp3) is 0.350. The minimum absolute atomic E-state index is 0.158. The van der Waals surface area contributed by atoms with Crippen molar-refractivity contribution in [3.8, 4) is 11.3 Å². The van der Waals surface area contributed by atoms with Crippen LogP contribution in [0.2, 0.25) is 0 Å². The summed E-state index contributed by atoms with van der Waals surface area (Å²) < 4.78 is 5.34. The molecule has 0 unspecified atom stereocenters. The molecule has 144 valence electrons. The fourth-order valence-electron chi connectivity index (χ4n) is 3.51. The Morgan fingerprint density at radius 1 is 1.29 bits per heavy atom. The average Bonchev–Trinajstić information content (AvgIpc) is 3.29. The quantitative estimate of drug-likeness (QED) is 0.745. The van der Waals surface area contributed by atoms with Crippen molar-refractivity contribution in [3.05, 3.63) is 62.7 Å². The molecule has 8 heteroatoms. The van der Waals surface area contributed by atoms with E-state index >= 15 is 0 Å². The first-order chi connectivity index (χ1) is 13.4. The van der Waals surface area contributed by atoms with Crippen LogP contribution in [0.3, 0.4) is 0 Å². The van der Waals surface area contributed by atoms with Crippen molar-refractivity contribution in [1.29, 1.82) is 0 Å². The SMILES string of the molecule is Cc1cc(-c2cnc(C)nc2CN(C)C(=O)c2cc3c([nH]c2=O)CCC3)on1. The molecular formula is C20H21N5O3. The Kier molecular flexibility index (Phi) is 4.54. The maximum atomic E-state index is 12.9. The highest BCUT2D eigenvalue weighted by molar-refractivity contribution is 5.94. The summed E-state index contributed by atoms with van der Waals surface area (Å²) >= 11 is 0. The third-order valence-corrected chi connectivity index (χ3v) is 4.93. The predicted molar refractivity (Wildman–Crippen MR) is 102 cm³/mol. The number of fused-ring (bicyclic) bond motifs is 1. The van der Waals surface area contributed by atoms with Crippen LogP contribution < -0.4 is 5.56 Å². The number of H-pyrrole nitrogens is 1. The summed E-state index contributed by atoms with van der Waals surface area (Å²) in [5.74, 6) is 0.793. The number of carbonyl (C=O) groups excluding carboxylic acids is 1. The van der Waals surface area contributed by atoms with Gasteiger partial charge in [0.2, 0.25) is 0 Å². The van der Waals surface area contributed by atoms with Gasteiger partial charge in [0.1, 0.15) is 11.4 Å². The summed E-state index contributed by atoms with van der Waals surface area (Å²) in [4.78, 5) is 38.4. The number of carbonyl (C=O) groups is 1. The molecule has 0 radical (unpaired) electrons. The van der Waals surface area contributed by atoms with Gasteiger partial charge in [-0.25, -0.2) is 9.97 Å². The lowest BCUT2D eigenvalue weighted by atomic mass is 10.1. The standard InChI is InChI=1S/C20H21N5O3/c1-11-7-18(28-24-11)15-9-21-12(2)22-17(15)10-25(3)20(27)14-8-13-5-4-6-16(13)23-19(14)26/h7-9H,4-6,10H2,1-3H3,(H,23,26). The van der Waals surface area contributed by atoms with Gasteiger partial charge in [-0.3, -0.25) is 9.59 Å². The summed E-state index contributed by atoms with van der Waals surface area (Å²) in [6.45, 7) is 3.83. The molecule has 3 heterocycles. The Labute approximate surface area is 161 Å². The molecule has 1 N–H and O–H groups in total. The van der Waals surface area contributed by atoms with Crippen LogP contribution in [0.25, 0.3) is 11.3 Å². The first kappa shape index (κ1) is 18.1. The molecule has 4 rings (SSSR count). The highest BCUT2D eigenvalue weighted by atomic mass is 16.5. The number of pyridine rings is 1. The molecule has 1 amide bonds. The van der Waals surface area contributed by atoms with Crippen molar-refractivity contribution in [2.75, 3.05) is 7.05 Å². The number of rotatable bonds is 4. The second kappa shape index (κ2) is 7.03. The van der Waals surface area contributed by atoms with Crippen LogP contribution in [0, 0.1) is 13.8 Å². The average molecular weight is 379 g/mol. The Morgan fingerprint density at radius 3 is 2.86 bits per heavy atom. The number of aromatic amines is 1. The van der Waals surface area contributed by atoms with Crippen LogP contribution in [0.1, 0.15) is 45.2 Å². The van der Waals surface area contributed by atoms with E-state index in [1.165, 1.54) is 4.90 Å². The number of aryl methyl sites for hydroxylation is 4. The number of nitrogens with one attached hydrogen (secondary N) is 1. The van der Waals surface area contributed by atoms with Crippen molar-refractivity contribution < 1.29 is 9.32 Å². The number of hydrogen-bond donors (Lipinski definition) is 1. The van der Waals surface area contributed by atoms with Crippen molar-refractivity contribution >= 4 is 5.91 Å². The summed E-state index contributed by atoms with van der Waals surface area (Å²) in [5.41, 5.74) is 3.86. The van der Waals surface area contributed by atoms with Crippen LogP contribution in [-0.4, -0.2) is 38.0 Å². The molecular weight excluding hydrogens is 358 g/mol. The van der Waals surface area contributed by atoms with Gasteiger partial charge in [-0.1, -0.05) is 5.16 Å². The number of amides is 1. The number of nitrogens with zero attached hydrogens (tertiary/aromatic N) is 4. The van der Waals surface area contributed by atoms with E-state index in [-0.39, 0.29) is 23.6 Å². The second-order valence-corrected chi connectivity index (χ2v) is 7.14. The first-order valence-electron chi connectivity index (χ1n) is 9.19. The highest BCUT2D eigenvalue weighted by Crippen LogP contribution is 2.24. The van der Waals surface area contributed by atoms with E-state index < -0.39 is 0 Å². The molecule has 0 saturated heterocycles. The zero-order valence-electron chi connectivity index (χ0n) is 16.1. The van der Waals surface area contributed by atoms with E-state index in [0.29, 0.717) is 22.8 Å². The van der Waals surface area contributed by atoms with Gasteiger partial charge in [0.15, 0.2) is 5.76 Å². The number of hydrogen-bond acceptors (Lipinski definition) is 6. The largest absolute Gasteiger partial charge is 0.356 e. The molecule has 1 aliphatic carbocycles. The van der Waals surface area contributed by atoms with Gasteiger partial charge in [-0.05, 0) is 44.7 Å². The normalized spacial score (nSPS) is 12.8. The zero-order valence-corrected chi connectivity index (χ0v) is 16.1. The van der Waals surface area contributed by atoms with Gasteiger partial charge in [0.25, 0.3) is 11.5 Å². The van der Waals surface area contributed by atoms with E-state index in [1.807, 2.05) is 6.92 Å². The molecule has 1 aliphatic rings. The predicted octanol–water partition coefficient (Wildman–Crippen LogP) is 2.20. The molecule has 8 nitrogen and oxygen atoms in total. The summed E-state index contributed by atoms with van der Waals surface area (Å²) in [6, 6.07) is 3.52. The van der Waals surface area contributed by atoms with Crippen LogP contribution in [0.15, 0.2) is 27.6 Å². The maximum Gasteiger partial charge on any atom is 0.261 e. The lowest BCUT2D eigenvalue weighted by molar-refractivity contribution is 0.0781. The van der Waals surface area contributed by atoms with E-state index in [2.05, 4.69) is 20.1 Å². The van der Waals surface area contributed by atoms with E-state index in [9.17, 15) is 9.59 Å². The maximum absolute atomic E-state index is 12.9. The first-order valence-corrected chi connectivity index (χ1v) is 9.19. The van der Waals surface area contributed by atoms with Gasteiger partial charge in [-0.15, -0.1) is 0 Å². The summed E-state index contributed by atoms with van der Waals surface area (Å²) in [5, 5.41) is 3.91. The molecule has 3 aromatic heterocycles. The van der Waals surface area contributed by atoms with Gasteiger partial charge < -0.3 is 14.4 Å². The monoisotopic (exact) mass is 379 g/mol.